The van der Waals surface area contributed by atoms with Crippen LogP contribution in [-0.4, -0.2) is 38.5 Å². The third-order valence-electron chi connectivity index (χ3n) is 6.02. The maximum Gasteiger partial charge on any atom is 0.266 e. The lowest BCUT2D eigenvalue weighted by Crippen LogP contribution is -2.18. The summed E-state index contributed by atoms with van der Waals surface area (Å²) in [4.78, 5) is 21.4. The van der Waals surface area contributed by atoms with E-state index in [2.05, 4.69) is 25.3 Å². The number of aromatic nitrogens is 2. The summed E-state index contributed by atoms with van der Waals surface area (Å²) in [6.07, 6.45) is 0. The molecule has 214 valence electrons. The predicted molar refractivity (Wildman–Crippen MR) is 164 cm³/mol. The molecule has 0 saturated carbocycles. The quantitative estimate of drug-likeness (QED) is 0.164. The predicted octanol–water partition coefficient (Wildman–Crippen LogP) is 6.75. The third-order valence-corrected chi connectivity index (χ3v) is 8.37. The summed E-state index contributed by atoms with van der Waals surface area (Å²) in [5, 5.41) is 5.28. The Hall–Kier alpha value is -4.58. The van der Waals surface area contributed by atoms with Crippen LogP contribution in [0.15, 0.2) is 89.8 Å². The Labute approximate surface area is 251 Å². The molecule has 5 aromatic rings. The smallest absolute Gasteiger partial charge is 0.266 e. The highest BCUT2D eigenvalue weighted by Gasteiger charge is 2.27. The number of amides is 1. The van der Waals surface area contributed by atoms with Crippen molar-refractivity contribution in [3.8, 4) is 11.5 Å². The van der Waals surface area contributed by atoms with Gasteiger partial charge in [0.15, 0.2) is 11.6 Å². The van der Waals surface area contributed by atoms with Crippen LogP contribution in [0.25, 0.3) is 11.0 Å². The molecule has 0 atom stereocenters. The van der Waals surface area contributed by atoms with Crippen LogP contribution in [0.4, 0.5) is 23.0 Å². The zero-order chi connectivity index (χ0) is 29.9. The second-order valence-electron chi connectivity index (χ2n) is 8.80. The minimum absolute atomic E-state index is 0.0571. The number of rotatable bonds is 9. The van der Waals surface area contributed by atoms with Gasteiger partial charge in [-0.15, -0.1) is 0 Å². The topological polar surface area (TPSA) is 132 Å². The number of fused-ring (bicyclic) bond motifs is 1. The van der Waals surface area contributed by atoms with Gasteiger partial charge in [0.2, 0.25) is 0 Å². The van der Waals surface area contributed by atoms with Gasteiger partial charge < -0.3 is 20.1 Å². The third kappa shape index (κ3) is 6.18. The molecule has 5 rings (SSSR count). The summed E-state index contributed by atoms with van der Waals surface area (Å²) < 4.78 is 40.7. The number of carbonyl (C=O) groups is 1. The number of halogens is 2. The van der Waals surface area contributed by atoms with Crippen LogP contribution in [0.1, 0.15) is 10.4 Å². The minimum Gasteiger partial charge on any atom is -0.497 e. The molecule has 1 amide bonds. The molecule has 3 N–H and O–H groups in total. The summed E-state index contributed by atoms with van der Waals surface area (Å²) in [7, 11) is -1.44. The van der Waals surface area contributed by atoms with Crippen LogP contribution in [0, 0.1) is 0 Å². The lowest BCUT2D eigenvalue weighted by atomic mass is 10.2. The van der Waals surface area contributed by atoms with Crippen molar-refractivity contribution in [3.63, 3.8) is 0 Å². The second-order valence-corrected chi connectivity index (χ2v) is 11.2. The van der Waals surface area contributed by atoms with Gasteiger partial charge >= 0.3 is 0 Å². The molecule has 1 heterocycles. The molecule has 0 aliphatic rings. The molecule has 0 aliphatic carbocycles. The number of anilines is 4. The Kier molecular flexibility index (Phi) is 8.34. The number of nitrogens with zero attached hydrogens (tertiary/aromatic N) is 2. The number of benzene rings is 4. The molecule has 13 heteroatoms. The highest BCUT2D eigenvalue weighted by Crippen LogP contribution is 2.38. The average Bonchev–Trinajstić information content (AvgIpc) is 2.98. The van der Waals surface area contributed by atoms with Crippen LogP contribution in [0.3, 0.4) is 0 Å². The van der Waals surface area contributed by atoms with Gasteiger partial charge in [0.25, 0.3) is 15.9 Å². The van der Waals surface area contributed by atoms with Crippen LogP contribution in [-0.2, 0) is 10.0 Å². The zero-order valence-corrected chi connectivity index (χ0v) is 24.5. The zero-order valence-electron chi connectivity index (χ0n) is 22.2. The van der Waals surface area contributed by atoms with Crippen molar-refractivity contribution in [1.82, 2.24) is 9.97 Å². The molecule has 0 fully saturated rings. The standard InChI is InChI=1S/C29H23Cl2N5O5S/c1-40-19-14-18(15-20(16-19)41-2)32-27-28(34-23-11-7-6-10-22(23)33-27)36-42(38,39)26-21(30)12-13-24(25(26)31)35-29(37)17-8-4-3-5-9-17/h3-16H,1-2H3,(H,32,33)(H,34,36)(H,35,37). The summed E-state index contributed by atoms with van der Waals surface area (Å²) in [6, 6.07) is 23.2. The van der Waals surface area contributed by atoms with Crippen molar-refractivity contribution in [3.05, 3.63) is 101 Å². The van der Waals surface area contributed by atoms with Crippen molar-refractivity contribution < 1.29 is 22.7 Å². The largest absolute Gasteiger partial charge is 0.497 e. The molecule has 1 aromatic heterocycles. The monoisotopic (exact) mass is 623 g/mol. The number of carbonyl (C=O) groups excluding carboxylic acids is 1. The highest BCUT2D eigenvalue weighted by molar-refractivity contribution is 7.93. The van der Waals surface area contributed by atoms with Gasteiger partial charge in [0.1, 0.15) is 16.4 Å². The van der Waals surface area contributed by atoms with Crippen molar-refractivity contribution in [2.45, 2.75) is 4.90 Å². The summed E-state index contributed by atoms with van der Waals surface area (Å²) in [5.41, 5.74) is 1.87. The number of methoxy groups -OCH3 is 2. The molecule has 0 spiro atoms. The number of sulfonamides is 1. The van der Waals surface area contributed by atoms with Crippen molar-refractivity contribution in [2.24, 2.45) is 0 Å². The molecule has 4 aromatic carbocycles. The number of ether oxygens (including phenoxy) is 2. The van der Waals surface area contributed by atoms with E-state index in [0.717, 1.165) is 0 Å². The van der Waals surface area contributed by atoms with E-state index in [1.807, 2.05) is 0 Å². The van der Waals surface area contributed by atoms with Gasteiger partial charge in [-0.05, 0) is 36.4 Å². The first-order chi connectivity index (χ1) is 20.2. The van der Waals surface area contributed by atoms with E-state index in [9.17, 15) is 13.2 Å². The molecule has 0 aliphatic heterocycles. The van der Waals surface area contributed by atoms with E-state index in [0.29, 0.717) is 33.8 Å². The number of nitrogens with one attached hydrogen (secondary N) is 3. The van der Waals surface area contributed by atoms with Crippen molar-refractivity contribution in [1.29, 1.82) is 0 Å². The van der Waals surface area contributed by atoms with E-state index in [1.54, 1.807) is 72.8 Å². The van der Waals surface area contributed by atoms with Crippen molar-refractivity contribution >= 4 is 73.2 Å². The van der Waals surface area contributed by atoms with Gasteiger partial charge in [-0.3, -0.25) is 9.52 Å². The van der Waals surface area contributed by atoms with Gasteiger partial charge in [0, 0.05) is 29.4 Å². The average molecular weight is 625 g/mol. The van der Waals surface area contributed by atoms with Gasteiger partial charge in [-0.2, -0.15) is 0 Å². The molecule has 42 heavy (non-hydrogen) atoms. The molecule has 10 nitrogen and oxygen atoms in total. The SMILES string of the molecule is COc1cc(Nc2nc3ccccc3nc2NS(=O)(=O)c2c(Cl)ccc(NC(=O)c3ccccc3)c2Cl)cc(OC)c1. The number of hydrogen-bond acceptors (Lipinski definition) is 8. The fourth-order valence-corrected chi connectivity index (χ4v) is 6.21. The summed E-state index contributed by atoms with van der Waals surface area (Å²) in [5.74, 6) is 0.493. The van der Waals surface area contributed by atoms with Gasteiger partial charge in [0.05, 0.1) is 41.0 Å². The van der Waals surface area contributed by atoms with Gasteiger partial charge in [-0.1, -0.05) is 53.5 Å². The number of para-hydroxylation sites is 2. The first-order valence-corrected chi connectivity index (χ1v) is 14.6. The van der Waals surface area contributed by atoms with E-state index in [-0.39, 0.29) is 27.4 Å². The second kappa shape index (κ2) is 12.1. The van der Waals surface area contributed by atoms with E-state index in [4.69, 9.17) is 32.7 Å². The Morgan fingerprint density at radius 3 is 2.00 bits per heavy atom. The maximum absolute atomic E-state index is 13.8. The Morgan fingerprint density at radius 1 is 0.786 bits per heavy atom. The fraction of sp³-hybridized carbons (Fsp3) is 0.0690. The van der Waals surface area contributed by atoms with Gasteiger partial charge in [-0.25, -0.2) is 18.4 Å². The van der Waals surface area contributed by atoms with Crippen LogP contribution < -0.4 is 24.8 Å². The first kappa shape index (κ1) is 28.9. The van der Waals surface area contributed by atoms with Crippen LogP contribution in [0.2, 0.25) is 10.0 Å². The number of hydrogen-bond donors (Lipinski definition) is 3. The van der Waals surface area contributed by atoms with E-state index >= 15 is 0 Å². The van der Waals surface area contributed by atoms with Crippen LogP contribution >= 0.6 is 23.2 Å². The molecule has 0 bridgehead atoms. The van der Waals surface area contributed by atoms with E-state index < -0.39 is 20.8 Å². The first-order valence-electron chi connectivity index (χ1n) is 12.3. The molecular formula is C29H23Cl2N5O5S. The van der Waals surface area contributed by atoms with Crippen molar-refractivity contribution in [2.75, 3.05) is 29.6 Å². The Balaban J connectivity index is 1.54. The molecular weight excluding hydrogens is 601 g/mol. The van der Waals surface area contributed by atoms with E-state index in [1.165, 1.54) is 26.4 Å². The maximum atomic E-state index is 13.8. The molecule has 0 unspecified atom stereocenters. The Morgan fingerprint density at radius 2 is 1.38 bits per heavy atom. The summed E-state index contributed by atoms with van der Waals surface area (Å²) >= 11 is 12.9. The highest BCUT2D eigenvalue weighted by atomic mass is 35.5. The fourth-order valence-electron chi connectivity index (χ4n) is 4.01. The Bertz CT molecular complexity index is 1880. The minimum atomic E-state index is -4.46. The van der Waals surface area contributed by atoms with Crippen LogP contribution in [0.5, 0.6) is 11.5 Å². The summed E-state index contributed by atoms with van der Waals surface area (Å²) in [6.45, 7) is 0. The normalized spacial score (nSPS) is 11.1. The molecule has 0 radical (unpaired) electrons. The lowest BCUT2D eigenvalue weighted by Gasteiger charge is -2.17. The lowest BCUT2D eigenvalue weighted by molar-refractivity contribution is 0.102. The molecule has 0 saturated heterocycles.